The summed E-state index contributed by atoms with van der Waals surface area (Å²) in [7, 11) is -2.65. The minimum absolute atomic E-state index is 0.0127. The van der Waals surface area contributed by atoms with Crippen LogP contribution in [0.2, 0.25) is 5.04 Å². The summed E-state index contributed by atoms with van der Waals surface area (Å²) in [6.45, 7) is 20.8. The highest BCUT2D eigenvalue weighted by Gasteiger charge is 2.50. The van der Waals surface area contributed by atoms with Crippen molar-refractivity contribution in [2.24, 2.45) is 0 Å². The van der Waals surface area contributed by atoms with Crippen molar-refractivity contribution < 1.29 is 9.22 Å². The SMILES string of the molecule is C/C(=C\C=O)c1cc(C(C)(C)C)cc(C(C)(C)CO[Si](c2ccccc2)(c2ccccc2)C(C)(C)C)c1. The van der Waals surface area contributed by atoms with Gasteiger partial charge in [0.25, 0.3) is 8.32 Å². The lowest BCUT2D eigenvalue weighted by Gasteiger charge is -2.45. The standard InChI is InChI=1S/C34H44O2Si/c1-26(20-21-35)27-22-28(32(2,3)4)24-29(23-27)34(8,9)25-36-37(33(5,6)7,30-16-12-10-13-17-30)31-18-14-11-15-19-31/h10-24H,25H2,1-9H3/b26-20+. The molecule has 0 saturated carbocycles. The first-order valence-corrected chi connectivity index (χ1v) is 15.2. The van der Waals surface area contributed by atoms with Gasteiger partial charge in [0.1, 0.15) is 6.29 Å². The molecule has 3 heteroatoms. The van der Waals surface area contributed by atoms with E-state index in [1.165, 1.54) is 21.5 Å². The fraction of sp³-hybridized carbons (Fsp3) is 0.382. The molecule has 0 aliphatic heterocycles. The zero-order chi connectivity index (χ0) is 27.5. The largest absolute Gasteiger partial charge is 0.407 e. The lowest BCUT2D eigenvalue weighted by Crippen LogP contribution is -2.67. The van der Waals surface area contributed by atoms with Gasteiger partial charge in [-0.1, -0.05) is 134 Å². The van der Waals surface area contributed by atoms with Crippen molar-refractivity contribution in [3.05, 3.63) is 102 Å². The number of benzene rings is 3. The summed E-state index contributed by atoms with van der Waals surface area (Å²) < 4.78 is 7.33. The Kier molecular flexibility index (Phi) is 8.51. The van der Waals surface area contributed by atoms with Crippen molar-refractivity contribution in [1.29, 1.82) is 0 Å². The average molecular weight is 513 g/mol. The van der Waals surface area contributed by atoms with Crippen LogP contribution in [-0.4, -0.2) is 21.2 Å². The molecule has 3 rings (SSSR count). The second-order valence-corrected chi connectivity index (χ2v) is 17.2. The Morgan fingerprint density at radius 2 is 1.24 bits per heavy atom. The zero-order valence-corrected chi connectivity index (χ0v) is 25.2. The molecular formula is C34H44O2Si. The molecule has 196 valence electrons. The normalized spacial score (nSPS) is 13.5. The summed E-state index contributed by atoms with van der Waals surface area (Å²) in [5.41, 5.74) is 4.30. The van der Waals surface area contributed by atoms with Crippen LogP contribution < -0.4 is 10.4 Å². The van der Waals surface area contributed by atoms with Crippen LogP contribution in [0, 0.1) is 0 Å². The van der Waals surface area contributed by atoms with Crippen molar-refractivity contribution >= 4 is 30.6 Å². The van der Waals surface area contributed by atoms with E-state index in [0.717, 1.165) is 17.4 Å². The number of aldehydes is 1. The molecule has 0 heterocycles. The number of carbonyl (C=O) groups is 1. The smallest absolute Gasteiger partial charge is 0.261 e. The summed E-state index contributed by atoms with van der Waals surface area (Å²) >= 11 is 0. The molecule has 37 heavy (non-hydrogen) atoms. The first kappa shape index (κ1) is 28.8. The number of hydrogen-bond donors (Lipinski definition) is 0. The molecule has 0 aliphatic carbocycles. The van der Waals surface area contributed by atoms with E-state index in [-0.39, 0.29) is 15.9 Å². The molecule has 0 aromatic heterocycles. The molecule has 3 aromatic carbocycles. The Hall–Kier alpha value is -2.75. The highest BCUT2D eigenvalue weighted by Crippen LogP contribution is 2.39. The van der Waals surface area contributed by atoms with Crippen LogP contribution >= 0.6 is 0 Å². The Balaban J connectivity index is 2.14. The number of rotatable bonds is 8. The van der Waals surface area contributed by atoms with Gasteiger partial charge in [0, 0.05) is 12.0 Å². The van der Waals surface area contributed by atoms with Crippen LogP contribution in [0.3, 0.4) is 0 Å². The third-order valence-electron chi connectivity index (χ3n) is 7.42. The van der Waals surface area contributed by atoms with E-state index in [9.17, 15) is 4.79 Å². The molecule has 0 saturated heterocycles. The molecular weight excluding hydrogens is 468 g/mol. The van der Waals surface area contributed by atoms with Gasteiger partial charge in [-0.2, -0.15) is 0 Å². The van der Waals surface area contributed by atoms with E-state index in [1.54, 1.807) is 6.08 Å². The molecule has 0 radical (unpaired) electrons. The van der Waals surface area contributed by atoms with Gasteiger partial charge in [-0.05, 0) is 56.1 Å². The highest BCUT2D eigenvalue weighted by atomic mass is 28.4. The lowest BCUT2D eigenvalue weighted by molar-refractivity contribution is -0.104. The Morgan fingerprint density at radius 3 is 1.68 bits per heavy atom. The Labute approximate surface area is 225 Å². The molecule has 0 bridgehead atoms. The van der Waals surface area contributed by atoms with Gasteiger partial charge in [0.2, 0.25) is 0 Å². The predicted molar refractivity (Wildman–Crippen MR) is 161 cm³/mol. The van der Waals surface area contributed by atoms with E-state index in [0.29, 0.717) is 6.61 Å². The quantitative estimate of drug-likeness (QED) is 0.178. The van der Waals surface area contributed by atoms with Crippen LogP contribution in [0.15, 0.2) is 84.9 Å². The summed E-state index contributed by atoms with van der Waals surface area (Å²) in [6.07, 6.45) is 2.52. The molecule has 0 spiro atoms. The average Bonchev–Trinajstić information content (AvgIpc) is 2.84. The molecule has 3 aromatic rings. The van der Waals surface area contributed by atoms with Gasteiger partial charge >= 0.3 is 0 Å². The van der Waals surface area contributed by atoms with Crippen LogP contribution in [0.5, 0.6) is 0 Å². The van der Waals surface area contributed by atoms with E-state index in [1.807, 2.05) is 6.92 Å². The van der Waals surface area contributed by atoms with E-state index >= 15 is 0 Å². The van der Waals surface area contributed by atoms with Gasteiger partial charge < -0.3 is 4.43 Å². The maximum Gasteiger partial charge on any atom is 0.261 e. The van der Waals surface area contributed by atoms with Crippen molar-refractivity contribution in [2.45, 2.75) is 78.2 Å². The zero-order valence-electron chi connectivity index (χ0n) is 24.2. The molecule has 0 N–H and O–H groups in total. The first-order chi connectivity index (χ1) is 17.2. The van der Waals surface area contributed by atoms with Gasteiger partial charge in [-0.3, -0.25) is 4.79 Å². The number of carbonyl (C=O) groups excluding carboxylic acids is 1. The van der Waals surface area contributed by atoms with Crippen LogP contribution in [0.4, 0.5) is 0 Å². The summed E-state index contributed by atoms with van der Waals surface area (Å²) in [6, 6.07) is 28.4. The number of hydrogen-bond acceptors (Lipinski definition) is 2. The maximum absolute atomic E-state index is 11.2. The van der Waals surface area contributed by atoms with Crippen LogP contribution in [0.25, 0.3) is 5.57 Å². The Morgan fingerprint density at radius 1 is 0.757 bits per heavy atom. The molecule has 0 fully saturated rings. The van der Waals surface area contributed by atoms with Gasteiger partial charge in [0.15, 0.2) is 0 Å². The monoisotopic (exact) mass is 512 g/mol. The molecule has 0 unspecified atom stereocenters. The van der Waals surface area contributed by atoms with Crippen molar-refractivity contribution in [3.8, 4) is 0 Å². The molecule has 0 aliphatic rings. The second-order valence-electron chi connectivity index (χ2n) is 12.9. The number of allylic oxidation sites excluding steroid dienone is 2. The van der Waals surface area contributed by atoms with E-state index in [4.69, 9.17) is 4.43 Å². The molecule has 0 amide bonds. The van der Waals surface area contributed by atoms with Gasteiger partial charge in [-0.25, -0.2) is 0 Å². The Bertz CT molecular complexity index is 1190. The van der Waals surface area contributed by atoms with Gasteiger partial charge in [0.05, 0.1) is 0 Å². The minimum atomic E-state index is -2.65. The minimum Gasteiger partial charge on any atom is -0.407 e. The third-order valence-corrected chi connectivity index (χ3v) is 12.4. The predicted octanol–water partition coefficient (Wildman–Crippen LogP) is 7.44. The first-order valence-electron chi connectivity index (χ1n) is 13.3. The van der Waals surface area contributed by atoms with E-state index in [2.05, 4.69) is 134 Å². The van der Waals surface area contributed by atoms with Crippen molar-refractivity contribution in [2.75, 3.05) is 6.61 Å². The van der Waals surface area contributed by atoms with Crippen LogP contribution in [0.1, 0.15) is 79.0 Å². The highest BCUT2D eigenvalue weighted by molar-refractivity contribution is 6.99. The van der Waals surface area contributed by atoms with Crippen molar-refractivity contribution in [3.63, 3.8) is 0 Å². The van der Waals surface area contributed by atoms with Crippen LogP contribution in [-0.2, 0) is 20.1 Å². The fourth-order valence-corrected chi connectivity index (χ4v) is 9.74. The summed E-state index contributed by atoms with van der Waals surface area (Å²) in [4.78, 5) is 11.2. The molecule has 2 nitrogen and oxygen atoms in total. The maximum atomic E-state index is 11.2. The summed E-state index contributed by atoms with van der Waals surface area (Å²) in [5, 5.41) is 2.50. The summed E-state index contributed by atoms with van der Waals surface area (Å²) in [5.74, 6) is 0. The van der Waals surface area contributed by atoms with E-state index < -0.39 is 8.32 Å². The lowest BCUT2D eigenvalue weighted by atomic mass is 9.78. The third kappa shape index (κ3) is 6.22. The van der Waals surface area contributed by atoms with Crippen molar-refractivity contribution in [1.82, 2.24) is 0 Å². The fourth-order valence-electron chi connectivity index (χ4n) is 5.01. The molecule has 0 atom stereocenters. The van der Waals surface area contributed by atoms with Gasteiger partial charge in [-0.15, -0.1) is 0 Å². The second kappa shape index (κ2) is 10.9. The topological polar surface area (TPSA) is 26.3 Å².